The molecule has 1 heterocycles. The van der Waals surface area contributed by atoms with E-state index in [2.05, 4.69) is 15.5 Å². The number of carbonyl (C=O) groups is 1. The summed E-state index contributed by atoms with van der Waals surface area (Å²) in [4.78, 5) is 11.5. The Kier molecular flexibility index (Phi) is 2.82. The smallest absolute Gasteiger partial charge is 0.259 e. The molecule has 0 fully saturated rings. The van der Waals surface area contributed by atoms with E-state index in [1.165, 1.54) is 12.3 Å². The second-order valence-corrected chi connectivity index (χ2v) is 3.14. The van der Waals surface area contributed by atoms with Gasteiger partial charge < -0.3 is 5.32 Å². The fourth-order valence-corrected chi connectivity index (χ4v) is 1.21. The number of halogens is 3. The van der Waals surface area contributed by atoms with Crippen LogP contribution in [0.15, 0.2) is 24.4 Å². The molecule has 1 aromatic carbocycles. The van der Waals surface area contributed by atoms with Crippen LogP contribution in [-0.4, -0.2) is 16.1 Å². The van der Waals surface area contributed by atoms with E-state index < -0.39 is 28.9 Å². The Balaban J connectivity index is 2.29. The van der Waals surface area contributed by atoms with Crippen molar-refractivity contribution in [3.63, 3.8) is 0 Å². The Morgan fingerprint density at radius 2 is 1.94 bits per heavy atom. The molecule has 0 aliphatic heterocycles. The van der Waals surface area contributed by atoms with Gasteiger partial charge in [0, 0.05) is 12.3 Å². The number of aromatic amines is 1. The van der Waals surface area contributed by atoms with Gasteiger partial charge in [-0.05, 0) is 12.1 Å². The molecule has 0 atom stereocenters. The summed E-state index contributed by atoms with van der Waals surface area (Å²) in [6.07, 6.45) is 1.44. The third kappa shape index (κ3) is 2.12. The van der Waals surface area contributed by atoms with Crippen molar-refractivity contribution < 1.29 is 18.0 Å². The van der Waals surface area contributed by atoms with Crippen molar-refractivity contribution >= 4 is 11.7 Å². The molecule has 1 amide bonds. The third-order valence-corrected chi connectivity index (χ3v) is 2.02. The number of hydrogen-bond donors (Lipinski definition) is 2. The van der Waals surface area contributed by atoms with Gasteiger partial charge in [-0.3, -0.25) is 9.89 Å². The van der Waals surface area contributed by atoms with E-state index in [0.717, 1.165) is 6.07 Å². The second kappa shape index (κ2) is 4.28. The minimum Gasteiger partial charge on any atom is -0.305 e. The van der Waals surface area contributed by atoms with Crippen molar-refractivity contribution in [1.29, 1.82) is 0 Å². The van der Waals surface area contributed by atoms with Gasteiger partial charge in [-0.1, -0.05) is 0 Å². The molecule has 2 aromatic rings. The first-order valence-electron chi connectivity index (χ1n) is 4.54. The lowest BCUT2D eigenvalue weighted by atomic mass is 10.2. The predicted molar refractivity (Wildman–Crippen MR) is 52.9 cm³/mol. The molecule has 0 unspecified atom stereocenters. The number of rotatable bonds is 2. The zero-order valence-corrected chi connectivity index (χ0v) is 8.30. The highest BCUT2D eigenvalue weighted by Crippen LogP contribution is 2.16. The lowest BCUT2D eigenvalue weighted by Gasteiger charge is -2.04. The fourth-order valence-electron chi connectivity index (χ4n) is 1.21. The van der Waals surface area contributed by atoms with Gasteiger partial charge in [-0.25, -0.2) is 13.2 Å². The molecule has 0 radical (unpaired) electrons. The van der Waals surface area contributed by atoms with Crippen LogP contribution in [0.1, 0.15) is 10.4 Å². The summed E-state index contributed by atoms with van der Waals surface area (Å²) < 4.78 is 38.8. The molecule has 0 bridgehead atoms. The highest BCUT2D eigenvalue weighted by molar-refractivity contribution is 6.03. The van der Waals surface area contributed by atoms with Crippen LogP contribution in [-0.2, 0) is 0 Å². The van der Waals surface area contributed by atoms with Crippen LogP contribution in [0, 0.1) is 17.5 Å². The normalized spacial score (nSPS) is 10.3. The number of hydrogen-bond acceptors (Lipinski definition) is 2. The van der Waals surface area contributed by atoms with Crippen LogP contribution in [0.2, 0.25) is 0 Å². The quantitative estimate of drug-likeness (QED) is 0.791. The Bertz CT molecular complexity index is 554. The third-order valence-electron chi connectivity index (χ3n) is 2.02. The van der Waals surface area contributed by atoms with Gasteiger partial charge in [-0.2, -0.15) is 5.10 Å². The van der Waals surface area contributed by atoms with Crippen molar-refractivity contribution in [2.75, 3.05) is 5.32 Å². The minimum absolute atomic E-state index is 0.152. The lowest BCUT2D eigenvalue weighted by molar-refractivity contribution is 0.102. The van der Waals surface area contributed by atoms with Gasteiger partial charge in [0.25, 0.3) is 5.91 Å². The van der Waals surface area contributed by atoms with E-state index in [-0.39, 0.29) is 5.82 Å². The number of benzene rings is 1. The summed E-state index contributed by atoms with van der Waals surface area (Å²) in [6, 6.07) is 2.96. The summed E-state index contributed by atoms with van der Waals surface area (Å²) >= 11 is 0. The molecule has 0 aliphatic rings. The zero-order chi connectivity index (χ0) is 12.4. The highest BCUT2D eigenvalue weighted by atomic mass is 19.2. The van der Waals surface area contributed by atoms with Gasteiger partial charge in [0.15, 0.2) is 23.3 Å². The molecule has 0 saturated carbocycles. The van der Waals surface area contributed by atoms with Crippen molar-refractivity contribution in [2.45, 2.75) is 0 Å². The van der Waals surface area contributed by atoms with Gasteiger partial charge in [0.1, 0.15) is 0 Å². The van der Waals surface area contributed by atoms with Crippen molar-refractivity contribution in [2.24, 2.45) is 0 Å². The van der Waals surface area contributed by atoms with Crippen LogP contribution in [0.25, 0.3) is 0 Å². The fraction of sp³-hybridized carbons (Fsp3) is 0. The van der Waals surface area contributed by atoms with Gasteiger partial charge >= 0.3 is 0 Å². The summed E-state index contributed by atoms with van der Waals surface area (Å²) in [5.74, 6) is -5.32. The van der Waals surface area contributed by atoms with Crippen LogP contribution in [0.5, 0.6) is 0 Å². The number of carbonyl (C=O) groups excluding carboxylic acids is 1. The van der Waals surface area contributed by atoms with Crippen LogP contribution in [0.4, 0.5) is 19.0 Å². The van der Waals surface area contributed by atoms with E-state index in [0.29, 0.717) is 6.07 Å². The maximum absolute atomic E-state index is 13.2. The largest absolute Gasteiger partial charge is 0.305 e. The molecule has 0 spiro atoms. The maximum atomic E-state index is 13.2. The van der Waals surface area contributed by atoms with Gasteiger partial charge in [0.05, 0.1) is 5.56 Å². The number of aromatic nitrogens is 2. The summed E-state index contributed by atoms with van der Waals surface area (Å²) in [5.41, 5.74) is -0.591. The molecule has 4 nitrogen and oxygen atoms in total. The molecular formula is C10H6F3N3O. The lowest BCUT2D eigenvalue weighted by Crippen LogP contribution is -2.15. The Morgan fingerprint density at radius 3 is 2.59 bits per heavy atom. The molecule has 0 saturated heterocycles. The van der Waals surface area contributed by atoms with Crippen molar-refractivity contribution in [1.82, 2.24) is 10.2 Å². The highest BCUT2D eigenvalue weighted by Gasteiger charge is 2.19. The number of H-pyrrole nitrogens is 1. The molecular weight excluding hydrogens is 235 g/mol. The van der Waals surface area contributed by atoms with Gasteiger partial charge in [0.2, 0.25) is 0 Å². The standard InChI is InChI=1S/C10H6F3N3O/c11-6-2-1-5(8(12)9(6)13)10(17)15-7-3-4-14-16-7/h1-4H,(H2,14,15,16,17). The molecule has 88 valence electrons. The van der Waals surface area contributed by atoms with Crippen molar-refractivity contribution in [3.05, 3.63) is 47.4 Å². The second-order valence-electron chi connectivity index (χ2n) is 3.14. The first-order chi connectivity index (χ1) is 8.09. The number of anilines is 1. The summed E-state index contributed by atoms with van der Waals surface area (Å²) in [5, 5.41) is 8.25. The first kappa shape index (κ1) is 11.2. The zero-order valence-electron chi connectivity index (χ0n) is 8.30. The summed E-state index contributed by atoms with van der Waals surface area (Å²) in [7, 11) is 0. The molecule has 2 rings (SSSR count). The Morgan fingerprint density at radius 1 is 1.18 bits per heavy atom. The molecule has 17 heavy (non-hydrogen) atoms. The molecule has 1 aromatic heterocycles. The van der Waals surface area contributed by atoms with Crippen molar-refractivity contribution in [3.8, 4) is 0 Å². The maximum Gasteiger partial charge on any atom is 0.259 e. The van der Waals surface area contributed by atoms with E-state index >= 15 is 0 Å². The number of nitrogens with zero attached hydrogens (tertiary/aromatic N) is 1. The van der Waals surface area contributed by atoms with E-state index in [1.807, 2.05) is 0 Å². The SMILES string of the molecule is O=C(Nc1cc[nH]n1)c1ccc(F)c(F)c1F. The Hall–Kier alpha value is -2.31. The predicted octanol–water partition coefficient (Wildman–Crippen LogP) is 2.08. The average molecular weight is 241 g/mol. The monoisotopic (exact) mass is 241 g/mol. The van der Waals surface area contributed by atoms with E-state index in [4.69, 9.17) is 0 Å². The van der Waals surface area contributed by atoms with Crippen LogP contribution < -0.4 is 5.32 Å². The Labute approximate surface area is 93.5 Å². The summed E-state index contributed by atoms with van der Waals surface area (Å²) in [6.45, 7) is 0. The van der Waals surface area contributed by atoms with Gasteiger partial charge in [-0.15, -0.1) is 0 Å². The van der Waals surface area contributed by atoms with Crippen LogP contribution in [0.3, 0.4) is 0 Å². The topological polar surface area (TPSA) is 57.8 Å². The van der Waals surface area contributed by atoms with Crippen LogP contribution >= 0.6 is 0 Å². The molecule has 7 heteroatoms. The molecule has 2 N–H and O–H groups in total. The minimum atomic E-state index is -1.68. The first-order valence-corrected chi connectivity index (χ1v) is 4.54. The average Bonchev–Trinajstić information content (AvgIpc) is 2.78. The number of amides is 1. The van der Waals surface area contributed by atoms with E-state index in [9.17, 15) is 18.0 Å². The number of nitrogens with one attached hydrogen (secondary N) is 2. The van der Waals surface area contributed by atoms with E-state index in [1.54, 1.807) is 0 Å². The molecule has 0 aliphatic carbocycles.